The minimum atomic E-state index is -4.33. The summed E-state index contributed by atoms with van der Waals surface area (Å²) in [7, 11) is 1.58. The van der Waals surface area contributed by atoms with Gasteiger partial charge in [-0.2, -0.15) is 13.2 Å². The predicted octanol–water partition coefficient (Wildman–Crippen LogP) is 5.96. The van der Waals surface area contributed by atoms with E-state index in [0.717, 1.165) is 28.3 Å². The van der Waals surface area contributed by atoms with E-state index >= 15 is 0 Å². The Kier molecular flexibility index (Phi) is 5.14. The van der Waals surface area contributed by atoms with E-state index in [4.69, 9.17) is 4.74 Å². The van der Waals surface area contributed by atoms with Crippen molar-refractivity contribution in [3.63, 3.8) is 0 Å². The Morgan fingerprint density at radius 1 is 1.22 bits per heavy atom. The van der Waals surface area contributed by atoms with Crippen LogP contribution in [0.15, 0.2) is 30.5 Å². The van der Waals surface area contributed by atoms with E-state index in [0.29, 0.717) is 10.6 Å². The summed E-state index contributed by atoms with van der Waals surface area (Å²) in [5.74, 6) is 0.213. The predicted molar refractivity (Wildman–Crippen MR) is 87.3 cm³/mol. The van der Waals surface area contributed by atoms with Crippen LogP contribution in [-0.2, 0) is 10.9 Å². The van der Waals surface area contributed by atoms with E-state index in [-0.39, 0.29) is 5.92 Å². The molecule has 0 bridgehead atoms. The number of aromatic nitrogens is 1. The lowest BCUT2D eigenvalue weighted by molar-refractivity contribution is -0.137. The van der Waals surface area contributed by atoms with Gasteiger partial charge in [0.15, 0.2) is 0 Å². The highest BCUT2D eigenvalue weighted by atomic mass is 32.1. The number of benzene rings is 1. The molecule has 0 saturated carbocycles. The van der Waals surface area contributed by atoms with E-state index in [9.17, 15) is 13.2 Å². The Bertz CT molecular complexity index is 700. The maximum Gasteiger partial charge on any atom is 0.416 e. The Labute approximate surface area is 137 Å². The number of ether oxygens (including phenoxy) is 1. The number of hydrogen-bond acceptors (Lipinski definition) is 3. The Morgan fingerprint density at radius 3 is 2.30 bits per heavy atom. The quantitative estimate of drug-likeness (QED) is 0.640. The Balaban J connectivity index is 2.44. The lowest BCUT2D eigenvalue weighted by Crippen LogP contribution is -2.03. The van der Waals surface area contributed by atoms with Crippen molar-refractivity contribution < 1.29 is 17.9 Å². The van der Waals surface area contributed by atoms with Gasteiger partial charge in [0, 0.05) is 11.1 Å². The van der Waals surface area contributed by atoms with Gasteiger partial charge in [0.05, 0.1) is 29.5 Å². The number of thiazole rings is 1. The summed E-state index contributed by atoms with van der Waals surface area (Å²) in [4.78, 5) is 5.61. The van der Waals surface area contributed by atoms with Crippen molar-refractivity contribution in [2.24, 2.45) is 0 Å². The molecule has 1 aromatic heterocycles. The topological polar surface area (TPSA) is 22.1 Å². The zero-order chi connectivity index (χ0) is 17.2. The molecule has 0 N–H and O–H groups in total. The van der Waals surface area contributed by atoms with E-state index in [1.807, 2.05) is 20.8 Å². The van der Waals surface area contributed by atoms with Gasteiger partial charge in [-0.25, -0.2) is 4.98 Å². The van der Waals surface area contributed by atoms with Gasteiger partial charge in [0.25, 0.3) is 0 Å². The van der Waals surface area contributed by atoms with Crippen molar-refractivity contribution in [1.29, 1.82) is 0 Å². The normalized spacial score (nSPS) is 12.8. The lowest BCUT2D eigenvalue weighted by atomic mass is 10.1. The Hall–Kier alpha value is -1.82. The van der Waals surface area contributed by atoms with Gasteiger partial charge in [-0.15, -0.1) is 11.3 Å². The fourth-order valence-corrected chi connectivity index (χ4v) is 3.35. The number of methoxy groups -OCH3 is 1. The highest BCUT2D eigenvalue weighted by molar-refractivity contribution is 7.16. The van der Waals surface area contributed by atoms with E-state index in [1.165, 1.54) is 23.5 Å². The van der Waals surface area contributed by atoms with Gasteiger partial charge in [-0.05, 0) is 25.0 Å². The third kappa shape index (κ3) is 3.93. The SMILES string of the molecule is CO/C=C(\C)c1sc(-c2ccc(C(F)(F)F)cc2)nc1C(C)C. The van der Waals surface area contributed by atoms with Crippen molar-refractivity contribution in [2.45, 2.75) is 32.9 Å². The first-order chi connectivity index (χ1) is 10.7. The second kappa shape index (κ2) is 6.74. The molecule has 0 radical (unpaired) electrons. The maximum absolute atomic E-state index is 12.7. The lowest BCUT2D eigenvalue weighted by Gasteiger charge is -2.06. The van der Waals surface area contributed by atoms with Crippen molar-refractivity contribution >= 4 is 16.9 Å². The Morgan fingerprint density at radius 2 is 1.83 bits per heavy atom. The van der Waals surface area contributed by atoms with Crippen LogP contribution in [0.4, 0.5) is 13.2 Å². The van der Waals surface area contributed by atoms with Crippen molar-refractivity contribution in [3.05, 3.63) is 46.7 Å². The number of allylic oxidation sites excluding steroid dienone is 1. The summed E-state index contributed by atoms with van der Waals surface area (Å²) >= 11 is 1.46. The van der Waals surface area contributed by atoms with Crippen LogP contribution in [-0.4, -0.2) is 12.1 Å². The van der Waals surface area contributed by atoms with Crippen LogP contribution in [0.3, 0.4) is 0 Å². The molecule has 0 spiro atoms. The number of rotatable bonds is 4. The van der Waals surface area contributed by atoms with Crippen molar-refractivity contribution in [1.82, 2.24) is 4.98 Å². The second-order valence-corrected chi connectivity index (χ2v) is 6.50. The monoisotopic (exact) mass is 341 g/mol. The molecule has 0 aliphatic heterocycles. The molecule has 124 valence electrons. The highest BCUT2D eigenvalue weighted by Crippen LogP contribution is 2.37. The van der Waals surface area contributed by atoms with Gasteiger partial charge in [0.1, 0.15) is 5.01 Å². The average Bonchev–Trinajstić information content (AvgIpc) is 2.92. The molecular formula is C17H18F3NOS. The molecule has 1 heterocycles. The van der Waals surface area contributed by atoms with Gasteiger partial charge in [-0.1, -0.05) is 26.0 Å². The molecular weight excluding hydrogens is 323 g/mol. The molecule has 1 aromatic carbocycles. The molecule has 6 heteroatoms. The van der Waals surface area contributed by atoms with Crippen LogP contribution < -0.4 is 0 Å². The first-order valence-corrected chi connectivity index (χ1v) is 7.94. The van der Waals surface area contributed by atoms with Crippen LogP contribution in [0.5, 0.6) is 0 Å². The smallest absolute Gasteiger partial charge is 0.416 e. The molecule has 2 aromatic rings. The average molecular weight is 341 g/mol. The maximum atomic E-state index is 12.7. The molecule has 2 nitrogen and oxygen atoms in total. The van der Waals surface area contributed by atoms with Crippen LogP contribution >= 0.6 is 11.3 Å². The van der Waals surface area contributed by atoms with Gasteiger partial charge >= 0.3 is 6.18 Å². The number of nitrogens with zero attached hydrogens (tertiary/aromatic N) is 1. The molecule has 23 heavy (non-hydrogen) atoms. The number of alkyl halides is 3. The summed E-state index contributed by atoms with van der Waals surface area (Å²) in [5.41, 5.74) is 1.90. The fourth-order valence-electron chi connectivity index (χ4n) is 2.16. The van der Waals surface area contributed by atoms with Gasteiger partial charge in [-0.3, -0.25) is 0 Å². The summed E-state index contributed by atoms with van der Waals surface area (Å²) in [6.07, 6.45) is -2.68. The molecule has 0 saturated heterocycles. The highest BCUT2D eigenvalue weighted by Gasteiger charge is 2.30. The van der Waals surface area contributed by atoms with Crippen LogP contribution in [0.25, 0.3) is 16.1 Å². The molecule has 0 aliphatic rings. The van der Waals surface area contributed by atoms with Crippen LogP contribution in [0.2, 0.25) is 0 Å². The summed E-state index contributed by atoms with van der Waals surface area (Å²) in [5, 5.41) is 0.710. The molecule has 0 amide bonds. The standard InChI is InChI=1S/C17H18F3NOS/c1-10(2)14-15(11(3)9-22-4)23-16(21-14)12-5-7-13(8-6-12)17(18,19)20/h5-10H,1-4H3/b11-9+. The number of hydrogen-bond donors (Lipinski definition) is 0. The van der Waals surface area contributed by atoms with Crippen LogP contribution in [0, 0.1) is 0 Å². The van der Waals surface area contributed by atoms with Crippen LogP contribution in [0.1, 0.15) is 42.8 Å². The largest absolute Gasteiger partial charge is 0.504 e. The summed E-state index contributed by atoms with van der Waals surface area (Å²) < 4.78 is 43.0. The summed E-state index contributed by atoms with van der Waals surface area (Å²) in [6.45, 7) is 6.00. The zero-order valence-corrected chi connectivity index (χ0v) is 14.2. The third-order valence-electron chi connectivity index (χ3n) is 3.31. The number of halogens is 3. The zero-order valence-electron chi connectivity index (χ0n) is 13.4. The van der Waals surface area contributed by atoms with E-state index in [2.05, 4.69) is 4.98 Å². The first-order valence-electron chi connectivity index (χ1n) is 7.12. The first kappa shape index (κ1) is 17.5. The molecule has 0 aliphatic carbocycles. The van der Waals surface area contributed by atoms with Gasteiger partial charge < -0.3 is 4.74 Å². The molecule has 0 fully saturated rings. The molecule has 2 rings (SSSR count). The third-order valence-corrected chi connectivity index (χ3v) is 4.57. The minimum absolute atomic E-state index is 0.213. The van der Waals surface area contributed by atoms with Crippen molar-refractivity contribution in [2.75, 3.05) is 7.11 Å². The summed E-state index contributed by atoms with van der Waals surface area (Å²) in [6, 6.07) is 5.10. The minimum Gasteiger partial charge on any atom is -0.504 e. The fraction of sp³-hybridized carbons (Fsp3) is 0.353. The van der Waals surface area contributed by atoms with E-state index < -0.39 is 11.7 Å². The molecule has 0 unspecified atom stereocenters. The van der Waals surface area contributed by atoms with Crippen molar-refractivity contribution in [3.8, 4) is 10.6 Å². The second-order valence-electron chi connectivity index (χ2n) is 5.50. The molecule has 0 atom stereocenters. The van der Waals surface area contributed by atoms with Gasteiger partial charge in [0.2, 0.25) is 0 Å². The van der Waals surface area contributed by atoms with E-state index in [1.54, 1.807) is 13.4 Å².